The van der Waals surface area contributed by atoms with E-state index in [2.05, 4.69) is 9.97 Å². The van der Waals surface area contributed by atoms with Crippen LogP contribution < -0.4 is 4.74 Å². The molecule has 2 atom stereocenters. The fourth-order valence-corrected chi connectivity index (χ4v) is 5.25. The van der Waals surface area contributed by atoms with Crippen LogP contribution in [0.1, 0.15) is 59.9 Å². The van der Waals surface area contributed by atoms with Crippen LogP contribution in [0.3, 0.4) is 0 Å². The molecule has 0 fully saturated rings. The Morgan fingerprint density at radius 1 is 1.11 bits per heavy atom. The van der Waals surface area contributed by atoms with Crippen LogP contribution in [0.25, 0.3) is 22.2 Å². The predicted octanol–water partition coefficient (Wildman–Crippen LogP) is 4.44. The Hall–Kier alpha value is -3.92. The average Bonchev–Trinajstić information content (AvgIpc) is 3.36. The summed E-state index contributed by atoms with van der Waals surface area (Å²) in [4.78, 5) is 28.3. The first-order chi connectivity index (χ1) is 17.1. The zero-order chi connectivity index (χ0) is 25.4. The van der Waals surface area contributed by atoms with E-state index in [4.69, 9.17) is 9.72 Å². The molecular formula is C26H23F2N5O3. The summed E-state index contributed by atoms with van der Waals surface area (Å²) in [5, 5.41) is 10.2. The summed E-state index contributed by atoms with van der Waals surface area (Å²) >= 11 is 0. The van der Waals surface area contributed by atoms with Crippen molar-refractivity contribution in [3.63, 3.8) is 0 Å². The number of nitrogens with zero attached hydrogens (tertiary/aromatic N) is 5. The highest BCUT2D eigenvalue weighted by atomic mass is 19.3. The highest BCUT2D eigenvalue weighted by Gasteiger charge is 2.45. The highest BCUT2D eigenvalue weighted by molar-refractivity contribution is 5.98. The molecule has 184 valence electrons. The minimum Gasteiger partial charge on any atom is -0.434 e. The second kappa shape index (κ2) is 7.79. The van der Waals surface area contributed by atoms with Crippen LogP contribution >= 0.6 is 0 Å². The summed E-state index contributed by atoms with van der Waals surface area (Å²) in [6.45, 7) is 0.230. The smallest absolute Gasteiger partial charge is 0.387 e. The van der Waals surface area contributed by atoms with Gasteiger partial charge in [0.15, 0.2) is 5.82 Å². The van der Waals surface area contributed by atoms with Crippen LogP contribution in [-0.4, -0.2) is 49.1 Å². The van der Waals surface area contributed by atoms with Crippen molar-refractivity contribution >= 4 is 16.9 Å². The molecule has 10 heteroatoms. The van der Waals surface area contributed by atoms with E-state index in [9.17, 15) is 18.7 Å². The lowest BCUT2D eigenvalue weighted by Crippen LogP contribution is -2.30. The van der Waals surface area contributed by atoms with Gasteiger partial charge in [0.25, 0.3) is 5.91 Å². The first-order valence-electron chi connectivity index (χ1n) is 11.6. The van der Waals surface area contributed by atoms with E-state index in [1.807, 2.05) is 22.8 Å². The number of hydrogen-bond donors (Lipinski definition) is 1. The summed E-state index contributed by atoms with van der Waals surface area (Å²) in [5.41, 5.74) is 2.78. The standard InChI is InChI=1S/C26H23F2N5O3/c1-26(2,35)24-29-11-14(12-30-24)13-7-8-16-17(9-13)33-18-10-19(22(33)31-16)32(3)23(34)15-5-4-6-20(21(15)18)36-25(27)28/h4-9,11-12,18-19,25,35H,10H2,1-3H3. The minimum atomic E-state index is -3.01. The fraction of sp³-hybridized carbons (Fsp3) is 0.308. The van der Waals surface area contributed by atoms with Crippen LogP contribution in [0.4, 0.5) is 8.78 Å². The zero-order valence-electron chi connectivity index (χ0n) is 19.8. The first-order valence-corrected chi connectivity index (χ1v) is 11.6. The van der Waals surface area contributed by atoms with Gasteiger partial charge in [-0.05, 0) is 43.7 Å². The molecule has 36 heavy (non-hydrogen) atoms. The van der Waals surface area contributed by atoms with Gasteiger partial charge in [0, 0.05) is 42.6 Å². The third-order valence-corrected chi connectivity index (χ3v) is 6.94. The molecule has 1 N–H and O–H groups in total. The van der Waals surface area contributed by atoms with Gasteiger partial charge in [0.05, 0.1) is 23.1 Å². The second-order valence-corrected chi connectivity index (χ2v) is 9.68. The van der Waals surface area contributed by atoms with E-state index in [-0.39, 0.29) is 17.7 Å². The number of carbonyl (C=O) groups excluding carboxylic acids is 1. The molecule has 2 aliphatic rings. The third kappa shape index (κ3) is 3.35. The minimum absolute atomic E-state index is 0.00337. The van der Waals surface area contributed by atoms with E-state index < -0.39 is 18.3 Å². The molecule has 6 rings (SSSR count). The molecule has 0 spiro atoms. The van der Waals surface area contributed by atoms with Gasteiger partial charge < -0.3 is 19.3 Å². The Bertz CT molecular complexity index is 1510. The van der Waals surface area contributed by atoms with Crippen LogP contribution in [-0.2, 0) is 5.60 Å². The Balaban J connectivity index is 1.52. The summed E-state index contributed by atoms with van der Waals surface area (Å²) in [6, 6.07) is 9.73. The van der Waals surface area contributed by atoms with Gasteiger partial charge in [-0.3, -0.25) is 4.79 Å². The molecule has 4 heterocycles. The van der Waals surface area contributed by atoms with Gasteiger partial charge >= 0.3 is 6.61 Å². The number of ether oxygens (including phenoxy) is 1. The van der Waals surface area contributed by atoms with E-state index in [1.165, 1.54) is 6.07 Å². The lowest BCUT2D eigenvalue weighted by atomic mass is 9.97. The van der Waals surface area contributed by atoms with E-state index in [1.54, 1.807) is 50.3 Å². The fourth-order valence-electron chi connectivity index (χ4n) is 5.25. The molecule has 0 saturated heterocycles. The quantitative estimate of drug-likeness (QED) is 0.454. The van der Waals surface area contributed by atoms with Gasteiger partial charge in [-0.2, -0.15) is 8.78 Å². The number of benzene rings is 2. The molecule has 2 unspecified atom stereocenters. The lowest BCUT2D eigenvalue weighted by molar-refractivity contribution is -0.0507. The first kappa shape index (κ1) is 22.5. The second-order valence-electron chi connectivity index (χ2n) is 9.68. The van der Waals surface area contributed by atoms with Gasteiger partial charge in [0.2, 0.25) is 0 Å². The molecule has 0 aliphatic carbocycles. The largest absolute Gasteiger partial charge is 0.434 e. The van der Waals surface area contributed by atoms with Gasteiger partial charge in [-0.25, -0.2) is 15.0 Å². The molecule has 0 saturated carbocycles. The van der Waals surface area contributed by atoms with Crippen LogP contribution in [0.2, 0.25) is 0 Å². The van der Waals surface area contributed by atoms with Gasteiger partial charge in [-0.15, -0.1) is 0 Å². The number of amides is 1. The molecule has 8 nitrogen and oxygen atoms in total. The van der Waals surface area contributed by atoms with Crippen molar-refractivity contribution in [2.45, 2.75) is 44.6 Å². The van der Waals surface area contributed by atoms with Crippen LogP contribution in [0.5, 0.6) is 5.75 Å². The molecule has 2 aliphatic heterocycles. The Morgan fingerprint density at radius 3 is 2.56 bits per heavy atom. The van der Waals surface area contributed by atoms with E-state index in [0.29, 0.717) is 29.2 Å². The number of alkyl halides is 2. The van der Waals surface area contributed by atoms with Crippen LogP contribution in [0, 0.1) is 0 Å². The van der Waals surface area contributed by atoms with Crippen molar-refractivity contribution in [2.24, 2.45) is 0 Å². The number of halogens is 2. The Morgan fingerprint density at radius 2 is 1.86 bits per heavy atom. The van der Waals surface area contributed by atoms with Crippen molar-refractivity contribution in [1.82, 2.24) is 24.4 Å². The summed E-state index contributed by atoms with van der Waals surface area (Å²) in [5.74, 6) is 0.768. The number of carbonyl (C=O) groups is 1. The SMILES string of the molecule is CN1C(=O)c2cccc(OC(F)F)c2C2CC1c1nc3ccc(-c4cnc(C(C)(C)O)nc4)cc3n12. The molecule has 2 bridgehead atoms. The molecular weight excluding hydrogens is 468 g/mol. The Labute approximate surface area is 205 Å². The molecule has 4 aromatic rings. The topological polar surface area (TPSA) is 93.4 Å². The molecule has 2 aromatic carbocycles. The monoisotopic (exact) mass is 491 g/mol. The highest BCUT2D eigenvalue weighted by Crippen LogP contribution is 2.50. The van der Waals surface area contributed by atoms with Crippen LogP contribution in [0.15, 0.2) is 48.8 Å². The number of aromatic nitrogens is 4. The summed E-state index contributed by atoms with van der Waals surface area (Å²) < 4.78 is 33.4. The predicted molar refractivity (Wildman–Crippen MR) is 127 cm³/mol. The maximum absolute atomic E-state index is 13.3. The van der Waals surface area contributed by atoms with Crippen molar-refractivity contribution in [3.05, 3.63) is 71.6 Å². The van der Waals surface area contributed by atoms with E-state index in [0.717, 1.165) is 22.2 Å². The number of aliphatic hydroxyl groups is 1. The maximum atomic E-state index is 13.3. The van der Waals surface area contributed by atoms with Crippen molar-refractivity contribution in [1.29, 1.82) is 0 Å². The van der Waals surface area contributed by atoms with Gasteiger partial charge in [-0.1, -0.05) is 12.1 Å². The average molecular weight is 491 g/mol. The van der Waals surface area contributed by atoms with Crippen molar-refractivity contribution < 1.29 is 23.4 Å². The normalized spacial score (nSPS) is 19.0. The third-order valence-electron chi connectivity index (χ3n) is 6.94. The molecule has 2 aromatic heterocycles. The van der Waals surface area contributed by atoms with Crippen molar-refractivity contribution in [3.8, 4) is 16.9 Å². The maximum Gasteiger partial charge on any atom is 0.387 e. The van der Waals surface area contributed by atoms with Crippen molar-refractivity contribution in [2.75, 3.05) is 7.05 Å². The molecule has 1 amide bonds. The number of fused-ring (bicyclic) bond motifs is 9. The number of imidazole rings is 1. The summed E-state index contributed by atoms with van der Waals surface area (Å²) in [7, 11) is 1.71. The summed E-state index contributed by atoms with van der Waals surface area (Å²) in [6.07, 6.45) is 3.82. The Kier molecular flexibility index (Phi) is 4.88. The lowest BCUT2D eigenvalue weighted by Gasteiger charge is -2.24. The zero-order valence-corrected chi connectivity index (χ0v) is 19.8. The van der Waals surface area contributed by atoms with E-state index >= 15 is 0 Å². The molecule has 0 radical (unpaired) electrons. The van der Waals surface area contributed by atoms with Gasteiger partial charge in [0.1, 0.15) is 17.2 Å². The number of rotatable bonds is 4. The number of hydrogen-bond acceptors (Lipinski definition) is 6.